The zero-order valence-electron chi connectivity index (χ0n) is 26.5. The summed E-state index contributed by atoms with van der Waals surface area (Å²) in [6, 6.07) is 12.2. The maximum Gasteiger partial charge on any atom is 0.524 e. The Morgan fingerprint density at radius 2 is 1.94 bits per heavy atom. The Labute approximate surface area is 289 Å². The van der Waals surface area contributed by atoms with Gasteiger partial charge in [-0.3, -0.25) is 14.6 Å². The van der Waals surface area contributed by atoms with E-state index < -0.39 is 32.0 Å². The summed E-state index contributed by atoms with van der Waals surface area (Å²) in [4.78, 5) is 53.8. The molecule has 4 aromatic rings. The number of rotatable bonds is 11. The van der Waals surface area contributed by atoms with Crippen LogP contribution in [0.2, 0.25) is 5.02 Å². The molecule has 50 heavy (non-hydrogen) atoms. The molecule has 0 saturated carbocycles. The van der Waals surface area contributed by atoms with Crippen molar-refractivity contribution in [1.82, 2.24) is 24.9 Å². The van der Waals surface area contributed by atoms with Crippen molar-refractivity contribution >= 4 is 60.3 Å². The number of alkyl carbamates (subject to hydrolysis) is 1. The summed E-state index contributed by atoms with van der Waals surface area (Å²) in [6.07, 6.45) is -0.114. The number of carbonyl (C=O) groups is 2. The first kappa shape index (κ1) is 35.7. The molecule has 18 nitrogen and oxygen atoms in total. The first-order valence-corrected chi connectivity index (χ1v) is 16.9. The highest BCUT2D eigenvalue weighted by Gasteiger charge is 2.35. The minimum absolute atomic E-state index is 0.0666. The highest BCUT2D eigenvalue weighted by atomic mass is 35.5. The lowest BCUT2D eigenvalue weighted by Crippen LogP contribution is -2.56. The number of carbonyl (C=O) groups excluding carboxylic acids is 2. The van der Waals surface area contributed by atoms with Gasteiger partial charge in [-0.15, -0.1) is 5.10 Å². The summed E-state index contributed by atoms with van der Waals surface area (Å²) in [5.41, 5.74) is 1.97. The Hall–Kier alpha value is -5.65. The average Bonchev–Trinajstić information content (AvgIpc) is 3.50. The number of nitrogens with one attached hydrogen (secondary N) is 3. The van der Waals surface area contributed by atoms with Crippen LogP contribution in [0.4, 0.5) is 27.9 Å². The molecule has 2 unspecified atom stereocenters. The van der Waals surface area contributed by atoms with Crippen molar-refractivity contribution in [3.8, 4) is 17.9 Å². The van der Waals surface area contributed by atoms with Crippen molar-refractivity contribution < 1.29 is 37.9 Å². The van der Waals surface area contributed by atoms with E-state index in [0.717, 1.165) is 0 Å². The number of hydrogen-bond donors (Lipinski definition) is 5. The zero-order chi connectivity index (χ0) is 36.0. The molecule has 1 aliphatic heterocycles. The van der Waals surface area contributed by atoms with Crippen molar-refractivity contribution in [2.24, 2.45) is 0 Å². The lowest BCUT2D eigenvalue weighted by molar-refractivity contribution is -0.149. The number of benzene rings is 2. The van der Waals surface area contributed by atoms with Crippen LogP contribution in [0, 0.1) is 22.7 Å². The number of imidazole rings is 1. The van der Waals surface area contributed by atoms with Gasteiger partial charge < -0.3 is 34.8 Å². The summed E-state index contributed by atoms with van der Waals surface area (Å²) in [5, 5.41) is 32.8. The minimum Gasteiger partial charge on any atom is -0.458 e. The van der Waals surface area contributed by atoms with E-state index in [1.807, 2.05) is 17.9 Å². The van der Waals surface area contributed by atoms with Crippen molar-refractivity contribution in [1.29, 1.82) is 10.5 Å². The number of fused-ring (bicyclic) bond motifs is 1. The van der Waals surface area contributed by atoms with E-state index in [2.05, 4.69) is 41.6 Å². The molecule has 0 spiro atoms. The summed E-state index contributed by atoms with van der Waals surface area (Å²) >= 11 is 6.92. The fourth-order valence-electron chi connectivity index (χ4n) is 5.22. The first-order chi connectivity index (χ1) is 23.9. The number of hydrogen-bond acceptors (Lipinski definition) is 14. The Kier molecular flexibility index (Phi) is 10.9. The number of halogens is 1. The predicted molar refractivity (Wildman–Crippen MR) is 178 cm³/mol. The van der Waals surface area contributed by atoms with Crippen LogP contribution in [0.1, 0.15) is 30.2 Å². The molecule has 0 radical (unpaired) electrons. The second-order valence-electron chi connectivity index (χ2n) is 10.8. The van der Waals surface area contributed by atoms with Gasteiger partial charge in [-0.2, -0.15) is 20.0 Å². The molecule has 1 saturated heterocycles. The highest BCUT2D eigenvalue weighted by molar-refractivity contribution is 7.46. The monoisotopic (exact) mass is 724 g/mol. The Balaban J connectivity index is 1.39. The SMILES string of the molecule is CCNc1nc(Nc2cc(C#N)cc(N3CCC(NC(=O)OC)C(OC(=O)Cc4ccc(OP(=O)(O)O)cc4)C3)c2Cl)nn2c(C#N)cnc12. The van der Waals surface area contributed by atoms with Crippen LogP contribution in [0.15, 0.2) is 42.6 Å². The Bertz CT molecular complexity index is 2040. The molecule has 5 rings (SSSR count). The van der Waals surface area contributed by atoms with E-state index in [4.69, 9.17) is 30.9 Å². The van der Waals surface area contributed by atoms with Gasteiger partial charge in [0.25, 0.3) is 0 Å². The molecule has 2 atom stereocenters. The van der Waals surface area contributed by atoms with Crippen LogP contribution in [-0.2, 0) is 25.3 Å². The highest BCUT2D eigenvalue weighted by Crippen LogP contribution is 2.38. The molecule has 1 fully saturated rings. The van der Waals surface area contributed by atoms with Crippen LogP contribution in [0.25, 0.3) is 5.65 Å². The van der Waals surface area contributed by atoms with Gasteiger partial charge in [0.1, 0.15) is 17.9 Å². The van der Waals surface area contributed by atoms with Crippen molar-refractivity contribution in [2.75, 3.05) is 42.3 Å². The largest absolute Gasteiger partial charge is 0.524 e. The molecule has 0 aliphatic carbocycles. The van der Waals surface area contributed by atoms with E-state index in [9.17, 15) is 24.7 Å². The van der Waals surface area contributed by atoms with Gasteiger partial charge in [-0.05, 0) is 43.2 Å². The molecule has 5 N–H and O–H groups in total. The van der Waals surface area contributed by atoms with Crippen LogP contribution >= 0.6 is 19.4 Å². The zero-order valence-corrected chi connectivity index (χ0v) is 28.2. The summed E-state index contributed by atoms with van der Waals surface area (Å²) in [7, 11) is -3.53. The number of nitrogens with zero attached hydrogens (tertiary/aromatic N) is 7. The molecule has 1 aliphatic rings. The smallest absolute Gasteiger partial charge is 0.458 e. The van der Waals surface area contributed by atoms with E-state index in [0.29, 0.717) is 42.2 Å². The van der Waals surface area contributed by atoms with Gasteiger partial charge in [-0.25, -0.2) is 14.3 Å². The van der Waals surface area contributed by atoms with Crippen LogP contribution in [0.5, 0.6) is 5.75 Å². The van der Waals surface area contributed by atoms with Crippen molar-refractivity contribution in [3.63, 3.8) is 0 Å². The summed E-state index contributed by atoms with van der Waals surface area (Å²) < 4.78 is 27.6. The average molecular weight is 725 g/mol. The lowest BCUT2D eigenvalue weighted by Gasteiger charge is -2.39. The van der Waals surface area contributed by atoms with Gasteiger partial charge in [0, 0.05) is 13.1 Å². The quantitative estimate of drug-likeness (QED) is 0.110. The first-order valence-electron chi connectivity index (χ1n) is 14.9. The molecule has 1 amide bonds. The van der Waals surface area contributed by atoms with E-state index in [1.165, 1.54) is 48.2 Å². The normalized spacial score (nSPS) is 15.8. The molecule has 2 aromatic heterocycles. The number of esters is 1. The fraction of sp³-hybridized carbons (Fsp3) is 0.300. The maximum atomic E-state index is 13.1. The fourth-order valence-corrected chi connectivity index (χ4v) is 5.90. The third-order valence-corrected chi connectivity index (χ3v) is 8.26. The standard InChI is InChI=1S/C30H30ClN10O8P/c1-3-34-27-28-35-15-19(14-33)41(28)39-29(38-27)36-22-10-18(13-32)11-23(26(22)31)40-9-8-21(37-30(43)47-2)24(16-40)48-25(42)12-17-4-6-20(7-5-17)49-50(44,45)46/h4-7,10-11,15,21,24H,3,8-9,12,16H2,1-2H3,(H,37,43)(H2,44,45,46)(H2,34,36,38,39). The maximum absolute atomic E-state index is 13.1. The topological polar surface area (TPSA) is 249 Å². The number of piperidine rings is 1. The van der Waals surface area contributed by atoms with E-state index in [-0.39, 0.29) is 46.6 Å². The Morgan fingerprint density at radius 1 is 1.18 bits per heavy atom. The number of phosphoric acid groups is 1. The van der Waals surface area contributed by atoms with Gasteiger partial charge in [-0.1, -0.05) is 23.7 Å². The molecule has 20 heteroatoms. The number of anilines is 4. The molecule has 3 heterocycles. The second kappa shape index (κ2) is 15.3. The van der Waals surface area contributed by atoms with Crippen LogP contribution in [0.3, 0.4) is 0 Å². The third kappa shape index (κ3) is 8.49. The van der Waals surface area contributed by atoms with Gasteiger partial charge >= 0.3 is 19.9 Å². The van der Waals surface area contributed by atoms with Gasteiger partial charge in [0.05, 0.1) is 60.3 Å². The molecule has 260 valence electrons. The molecule has 0 bridgehead atoms. The number of aromatic nitrogens is 4. The second-order valence-corrected chi connectivity index (χ2v) is 12.3. The number of methoxy groups -OCH3 is 1. The lowest BCUT2D eigenvalue weighted by atomic mass is 10.00. The van der Waals surface area contributed by atoms with Crippen molar-refractivity contribution in [3.05, 3.63) is 64.4 Å². The summed E-state index contributed by atoms with van der Waals surface area (Å²) in [6.45, 7) is 2.80. The molecular weight excluding hydrogens is 695 g/mol. The van der Waals surface area contributed by atoms with Crippen molar-refractivity contribution in [2.45, 2.75) is 31.9 Å². The van der Waals surface area contributed by atoms with E-state index >= 15 is 0 Å². The Morgan fingerprint density at radius 3 is 2.60 bits per heavy atom. The number of nitriles is 2. The van der Waals surface area contributed by atoms with Gasteiger partial charge in [0.2, 0.25) is 5.95 Å². The third-order valence-electron chi connectivity index (χ3n) is 7.42. The molecule has 2 aromatic carbocycles. The number of amides is 1. The molecular formula is C30H30ClN10O8P. The predicted octanol–water partition coefficient (Wildman–Crippen LogP) is 3.26. The summed E-state index contributed by atoms with van der Waals surface area (Å²) in [5.74, 6) is -0.281. The minimum atomic E-state index is -4.75. The van der Waals surface area contributed by atoms with Gasteiger partial charge in [0.15, 0.2) is 17.2 Å². The number of phosphoric ester groups is 1. The number of ether oxygens (including phenoxy) is 2. The van der Waals surface area contributed by atoms with Crippen LogP contribution in [-0.4, -0.2) is 80.3 Å². The van der Waals surface area contributed by atoms with Crippen LogP contribution < -0.4 is 25.4 Å². The van der Waals surface area contributed by atoms with E-state index in [1.54, 1.807) is 6.07 Å².